The maximum Gasteiger partial charge on any atom is 0.312 e. The number of aliphatic hydroxyl groups excluding tert-OH is 1. The fourth-order valence-corrected chi connectivity index (χ4v) is 7.87. The number of aliphatic hydroxyl groups is 1. The van der Waals surface area contributed by atoms with Crippen LogP contribution in [-0.2, 0) is 23.9 Å². The van der Waals surface area contributed by atoms with Gasteiger partial charge in [0.15, 0.2) is 0 Å². The first-order chi connectivity index (χ1) is 20.6. The first-order valence-corrected chi connectivity index (χ1v) is 15.1. The number of benzene rings is 2. The number of carbonyl (C=O) groups is 3. The van der Waals surface area contributed by atoms with Gasteiger partial charge in [0, 0.05) is 6.54 Å². The minimum Gasteiger partial charge on any atom is -0.465 e. The molecule has 3 heterocycles. The van der Waals surface area contributed by atoms with Crippen LogP contribution in [0.15, 0.2) is 73.8 Å². The monoisotopic (exact) mass is 606 g/mol. The predicted octanol–water partition coefficient (Wildman–Crippen LogP) is 5.03. The topological polar surface area (TPSA) is 96.4 Å². The number of aryl methyl sites for hydroxylation is 1. The molecule has 3 aliphatic heterocycles. The van der Waals surface area contributed by atoms with Gasteiger partial charge in [-0.2, -0.15) is 0 Å². The Hall–Kier alpha value is -3.46. The zero-order chi connectivity index (χ0) is 31.1. The molecule has 1 N–H and O–H groups in total. The lowest BCUT2D eigenvalue weighted by molar-refractivity contribution is -0.162. The summed E-state index contributed by atoms with van der Waals surface area (Å²) in [6, 6.07) is 12.5. The number of halogens is 1. The van der Waals surface area contributed by atoms with Crippen LogP contribution in [0.25, 0.3) is 0 Å². The van der Waals surface area contributed by atoms with Gasteiger partial charge in [-0.05, 0) is 49.8 Å². The summed E-state index contributed by atoms with van der Waals surface area (Å²) in [6.45, 7) is 13.1. The van der Waals surface area contributed by atoms with Crippen molar-refractivity contribution in [3.8, 4) is 0 Å². The van der Waals surface area contributed by atoms with Crippen LogP contribution < -0.4 is 4.90 Å². The maximum absolute atomic E-state index is 15.0. The van der Waals surface area contributed by atoms with Gasteiger partial charge in [-0.3, -0.25) is 14.4 Å². The summed E-state index contributed by atoms with van der Waals surface area (Å²) in [7, 11) is 0. The SMILES string of the molecule is C=CCCOC(=O)[C@@H]1[C@H]2C(=O)N([C@H](CO)c3ccccc3)C(C(=O)N(CC=C)c3c(C)cccc3Cl)C23CC(C)[C@@]1(C)O3. The molecule has 2 amide bonds. The van der Waals surface area contributed by atoms with Crippen LogP contribution in [0.2, 0.25) is 5.02 Å². The summed E-state index contributed by atoms with van der Waals surface area (Å²) in [5.41, 5.74) is -0.415. The van der Waals surface area contributed by atoms with Crippen LogP contribution in [0.5, 0.6) is 0 Å². The third kappa shape index (κ3) is 4.80. The van der Waals surface area contributed by atoms with Crippen LogP contribution in [0, 0.1) is 24.7 Å². The molecule has 1 spiro atoms. The van der Waals surface area contributed by atoms with E-state index in [-0.39, 0.29) is 19.1 Å². The van der Waals surface area contributed by atoms with Gasteiger partial charge < -0.3 is 24.4 Å². The summed E-state index contributed by atoms with van der Waals surface area (Å²) in [4.78, 5) is 46.4. The van der Waals surface area contributed by atoms with Crippen molar-refractivity contribution in [1.29, 1.82) is 0 Å². The van der Waals surface area contributed by atoms with Gasteiger partial charge in [-0.25, -0.2) is 0 Å². The molecule has 3 aliphatic rings. The van der Waals surface area contributed by atoms with Crippen molar-refractivity contribution < 1.29 is 29.0 Å². The molecule has 0 aliphatic carbocycles. The van der Waals surface area contributed by atoms with E-state index in [2.05, 4.69) is 13.2 Å². The minimum atomic E-state index is -1.33. The van der Waals surface area contributed by atoms with Crippen molar-refractivity contribution in [3.63, 3.8) is 0 Å². The molecule has 0 saturated carbocycles. The lowest BCUT2D eigenvalue weighted by Crippen LogP contribution is -2.57. The van der Waals surface area contributed by atoms with Crippen molar-refractivity contribution >= 4 is 35.1 Å². The highest BCUT2D eigenvalue weighted by Crippen LogP contribution is 2.66. The molecule has 9 heteroatoms. The number of rotatable bonds is 11. The highest BCUT2D eigenvalue weighted by atomic mass is 35.5. The zero-order valence-corrected chi connectivity index (χ0v) is 25.6. The minimum absolute atomic E-state index is 0.123. The van der Waals surface area contributed by atoms with E-state index >= 15 is 4.79 Å². The van der Waals surface area contributed by atoms with Gasteiger partial charge in [-0.15, -0.1) is 13.2 Å². The molecule has 2 aromatic rings. The molecule has 5 rings (SSSR count). The zero-order valence-electron chi connectivity index (χ0n) is 24.9. The molecule has 2 bridgehead atoms. The van der Waals surface area contributed by atoms with Gasteiger partial charge in [0.2, 0.25) is 5.91 Å². The van der Waals surface area contributed by atoms with Crippen LogP contribution in [0.3, 0.4) is 0 Å². The van der Waals surface area contributed by atoms with Crippen molar-refractivity contribution in [2.45, 2.75) is 56.9 Å². The number of anilines is 1. The Labute approximate surface area is 257 Å². The van der Waals surface area contributed by atoms with E-state index in [9.17, 15) is 14.7 Å². The van der Waals surface area contributed by atoms with E-state index < -0.39 is 59.5 Å². The lowest BCUT2D eigenvalue weighted by Gasteiger charge is -2.40. The van der Waals surface area contributed by atoms with Crippen molar-refractivity contribution in [3.05, 3.63) is 90.0 Å². The standard InChI is InChI=1S/C34H39ClN2O6/c1-6-8-18-42-32(41)27-26-30(39)37(25(20-38)23-14-10-9-11-15-23)29(34(26)19-22(4)33(27,5)43-34)31(40)36(17-7-2)28-21(3)13-12-16-24(28)35/h6-7,9-16,22,25-27,29,38H,1-2,8,17-20H2,3-5H3/t22?,25-,26+,27+,29?,33-,34?/m1/s1. The van der Waals surface area contributed by atoms with Crippen LogP contribution in [0.4, 0.5) is 5.69 Å². The van der Waals surface area contributed by atoms with Crippen LogP contribution >= 0.6 is 11.6 Å². The largest absolute Gasteiger partial charge is 0.465 e. The molecule has 228 valence electrons. The number of ether oxygens (including phenoxy) is 2. The third-order valence-corrected chi connectivity index (χ3v) is 9.84. The molecule has 8 nitrogen and oxygen atoms in total. The second kappa shape index (κ2) is 11.9. The fourth-order valence-electron chi connectivity index (χ4n) is 7.55. The number of carbonyl (C=O) groups excluding carboxylic acids is 3. The smallest absolute Gasteiger partial charge is 0.312 e. The Kier molecular flexibility index (Phi) is 8.58. The molecule has 7 atom stereocenters. The van der Waals surface area contributed by atoms with E-state index in [0.717, 1.165) is 5.56 Å². The average Bonchev–Trinajstić information content (AvgIpc) is 3.50. The van der Waals surface area contributed by atoms with E-state index in [0.29, 0.717) is 29.1 Å². The molecular weight excluding hydrogens is 568 g/mol. The number of esters is 1. The summed E-state index contributed by atoms with van der Waals surface area (Å²) in [5, 5.41) is 11.1. The predicted molar refractivity (Wildman–Crippen MR) is 164 cm³/mol. The van der Waals surface area contributed by atoms with Gasteiger partial charge in [-0.1, -0.05) is 73.1 Å². The number of nitrogens with zero attached hydrogens (tertiary/aromatic N) is 2. The molecule has 0 radical (unpaired) electrons. The number of hydrogen-bond donors (Lipinski definition) is 1. The fraction of sp³-hybridized carbons (Fsp3) is 0.441. The third-order valence-electron chi connectivity index (χ3n) is 9.54. The van der Waals surface area contributed by atoms with E-state index in [1.54, 1.807) is 18.2 Å². The molecule has 2 aromatic carbocycles. The number of fused-ring (bicyclic) bond motifs is 1. The normalized spacial score (nSPS) is 29.7. The van der Waals surface area contributed by atoms with E-state index in [1.165, 1.54) is 9.80 Å². The summed E-state index contributed by atoms with van der Waals surface area (Å²) >= 11 is 6.67. The highest BCUT2D eigenvalue weighted by molar-refractivity contribution is 6.34. The first-order valence-electron chi connectivity index (χ1n) is 14.7. The van der Waals surface area contributed by atoms with Gasteiger partial charge in [0.05, 0.1) is 41.5 Å². The summed E-state index contributed by atoms with van der Waals surface area (Å²) < 4.78 is 12.5. The molecular formula is C34H39ClN2O6. The average molecular weight is 607 g/mol. The molecule has 3 unspecified atom stereocenters. The molecule has 43 heavy (non-hydrogen) atoms. The summed E-state index contributed by atoms with van der Waals surface area (Å²) in [6.07, 6.45) is 4.11. The first kappa shape index (κ1) is 31.0. The highest BCUT2D eigenvalue weighted by Gasteiger charge is 2.81. The van der Waals surface area contributed by atoms with E-state index in [1.807, 2.05) is 63.2 Å². The van der Waals surface area contributed by atoms with Gasteiger partial charge >= 0.3 is 5.97 Å². The number of para-hydroxylation sites is 1. The number of likely N-dealkylation sites (tertiary alicyclic amines) is 1. The Morgan fingerprint density at radius 3 is 2.56 bits per heavy atom. The molecule has 3 fully saturated rings. The molecule has 0 aromatic heterocycles. The van der Waals surface area contributed by atoms with Crippen LogP contribution in [0.1, 0.15) is 43.9 Å². The van der Waals surface area contributed by atoms with Gasteiger partial charge in [0.1, 0.15) is 17.6 Å². The Balaban J connectivity index is 1.69. The Morgan fingerprint density at radius 1 is 1.21 bits per heavy atom. The van der Waals surface area contributed by atoms with Crippen LogP contribution in [-0.4, -0.2) is 64.8 Å². The maximum atomic E-state index is 15.0. The quantitative estimate of drug-likeness (QED) is 0.219. The lowest BCUT2D eigenvalue weighted by atomic mass is 9.62. The second-order valence-corrected chi connectivity index (χ2v) is 12.4. The Bertz CT molecular complexity index is 1410. The van der Waals surface area contributed by atoms with E-state index in [4.69, 9.17) is 21.1 Å². The van der Waals surface area contributed by atoms with Crippen molar-refractivity contribution in [2.24, 2.45) is 17.8 Å². The number of amides is 2. The second-order valence-electron chi connectivity index (χ2n) is 11.9. The van der Waals surface area contributed by atoms with Gasteiger partial charge in [0.25, 0.3) is 5.91 Å². The molecule has 3 saturated heterocycles. The number of hydrogen-bond acceptors (Lipinski definition) is 6. The van der Waals surface area contributed by atoms with Crippen molar-refractivity contribution in [1.82, 2.24) is 4.90 Å². The Morgan fingerprint density at radius 2 is 1.93 bits per heavy atom. The van der Waals surface area contributed by atoms with Crippen molar-refractivity contribution in [2.75, 3.05) is 24.7 Å². The summed E-state index contributed by atoms with van der Waals surface area (Å²) in [5.74, 6) is -3.44.